The van der Waals surface area contributed by atoms with Crippen LogP contribution in [0, 0.1) is 6.92 Å². The van der Waals surface area contributed by atoms with Crippen molar-refractivity contribution in [1.82, 2.24) is 10.3 Å². The van der Waals surface area contributed by atoms with Gasteiger partial charge in [0.25, 0.3) is 11.8 Å². The monoisotopic (exact) mass is 393 g/mol. The van der Waals surface area contributed by atoms with Crippen LogP contribution in [-0.2, 0) is 6.42 Å². The molecule has 3 rings (SSSR count). The van der Waals surface area contributed by atoms with Crippen molar-refractivity contribution < 1.29 is 9.59 Å². The number of benzene rings is 2. The van der Waals surface area contributed by atoms with Gasteiger partial charge < -0.3 is 10.6 Å². The Morgan fingerprint density at radius 1 is 1.00 bits per heavy atom. The normalized spacial score (nSPS) is 10.4. The van der Waals surface area contributed by atoms with Gasteiger partial charge in [0.1, 0.15) is 5.69 Å². The first-order valence-electron chi connectivity index (χ1n) is 8.88. The summed E-state index contributed by atoms with van der Waals surface area (Å²) < 4.78 is 0. The van der Waals surface area contributed by atoms with Crippen LogP contribution in [0.5, 0.6) is 0 Å². The molecule has 2 N–H and O–H groups in total. The minimum atomic E-state index is -0.327. The topological polar surface area (TPSA) is 71.1 Å². The highest BCUT2D eigenvalue weighted by molar-refractivity contribution is 6.30. The number of nitrogens with zero attached hydrogens (tertiary/aromatic N) is 1. The molecule has 0 spiro atoms. The second-order valence-corrected chi connectivity index (χ2v) is 6.83. The lowest BCUT2D eigenvalue weighted by atomic mass is 10.1. The van der Waals surface area contributed by atoms with Gasteiger partial charge in [-0.25, -0.2) is 0 Å². The Balaban J connectivity index is 1.60. The van der Waals surface area contributed by atoms with Crippen LogP contribution in [0.25, 0.3) is 0 Å². The van der Waals surface area contributed by atoms with Gasteiger partial charge in [-0.2, -0.15) is 0 Å². The highest BCUT2D eigenvalue weighted by Crippen LogP contribution is 2.13. The number of anilines is 1. The third-order valence-corrected chi connectivity index (χ3v) is 4.35. The van der Waals surface area contributed by atoms with Crippen LogP contribution in [-0.4, -0.2) is 23.3 Å². The summed E-state index contributed by atoms with van der Waals surface area (Å²) in [5.41, 5.74) is 3.35. The van der Waals surface area contributed by atoms with Gasteiger partial charge in [0.15, 0.2) is 0 Å². The molecule has 3 aromatic rings. The number of carbonyl (C=O) groups is 2. The molecule has 0 bridgehead atoms. The smallest absolute Gasteiger partial charge is 0.269 e. The molecule has 2 amide bonds. The van der Waals surface area contributed by atoms with Crippen molar-refractivity contribution in [3.05, 3.63) is 94.3 Å². The molecule has 5 nitrogen and oxygen atoms in total. The fraction of sp³-hybridized carbons (Fsp3) is 0.136. The minimum absolute atomic E-state index is 0.197. The zero-order valence-electron chi connectivity index (χ0n) is 15.4. The van der Waals surface area contributed by atoms with Crippen LogP contribution in [0.15, 0.2) is 66.9 Å². The van der Waals surface area contributed by atoms with Crippen LogP contribution in [0.4, 0.5) is 5.69 Å². The van der Waals surface area contributed by atoms with E-state index in [1.54, 1.807) is 12.1 Å². The van der Waals surface area contributed by atoms with Crippen molar-refractivity contribution in [2.75, 3.05) is 11.9 Å². The molecule has 0 fully saturated rings. The van der Waals surface area contributed by atoms with Crippen molar-refractivity contribution >= 4 is 29.1 Å². The van der Waals surface area contributed by atoms with Crippen molar-refractivity contribution in [3.63, 3.8) is 0 Å². The predicted octanol–water partition coefficient (Wildman–Crippen LogP) is 4.27. The maximum absolute atomic E-state index is 12.4. The Morgan fingerprint density at radius 2 is 1.82 bits per heavy atom. The quantitative estimate of drug-likeness (QED) is 0.657. The molecule has 0 radical (unpaired) electrons. The zero-order chi connectivity index (χ0) is 19.9. The van der Waals surface area contributed by atoms with Gasteiger partial charge >= 0.3 is 0 Å². The first kappa shape index (κ1) is 19.6. The molecule has 1 aromatic heterocycles. The number of amides is 2. The molecule has 28 heavy (non-hydrogen) atoms. The molecule has 2 aromatic carbocycles. The second-order valence-electron chi connectivity index (χ2n) is 6.39. The lowest BCUT2D eigenvalue weighted by Crippen LogP contribution is -2.27. The molecule has 142 valence electrons. The number of hydrogen-bond donors (Lipinski definition) is 2. The minimum Gasteiger partial charge on any atom is -0.350 e. The molecule has 0 saturated heterocycles. The van der Waals surface area contributed by atoms with Gasteiger partial charge in [-0.3, -0.25) is 14.6 Å². The van der Waals surface area contributed by atoms with E-state index in [1.807, 2.05) is 49.4 Å². The van der Waals surface area contributed by atoms with Crippen molar-refractivity contribution in [1.29, 1.82) is 0 Å². The number of aromatic nitrogens is 1. The average Bonchev–Trinajstić information content (AvgIpc) is 2.68. The van der Waals surface area contributed by atoms with E-state index in [0.717, 1.165) is 11.1 Å². The molecule has 0 aliphatic heterocycles. The summed E-state index contributed by atoms with van der Waals surface area (Å²) in [4.78, 5) is 28.9. The van der Waals surface area contributed by atoms with Crippen LogP contribution >= 0.6 is 11.6 Å². The lowest BCUT2D eigenvalue weighted by molar-refractivity contribution is 0.0949. The van der Waals surface area contributed by atoms with E-state index in [-0.39, 0.29) is 17.5 Å². The fourth-order valence-corrected chi connectivity index (χ4v) is 2.94. The summed E-state index contributed by atoms with van der Waals surface area (Å²) in [5, 5.41) is 6.30. The Hall–Kier alpha value is -3.18. The van der Waals surface area contributed by atoms with Gasteiger partial charge in [0.05, 0.1) is 0 Å². The van der Waals surface area contributed by atoms with Crippen molar-refractivity contribution in [2.24, 2.45) is 0 Å². The number of pyridine rings is 1. The van der Waals surface area contributed by atoms with E-state index in [0.29, 0.717) is 29.2 Å². The highest BCUT2D eigenvalue weighted by atomic mass is 35.5. The lowest BCUT2D eigenvalue weighted by Gasteiger charge is -2.08. The zero-order valence-corrected chi connectivity index (χ0v) is 16.2. The predicted molar refractivity (Wildman–Crippen MR) is 111 cm³/mol. The third-order valence-electron chi connectivity index (χ3n) is 4.12. The molecule has 0 aliphatic rings. The number of hydrogen-bond acceptors (Lipinski definition) is 3. The molecular formula is C22H20ClN3O2. The summed E-state index contributed by atoms with van der Waals surface area (Å²) in [7, 11) is 0. The Kier molecular flexibility index (Phi) is 6.40. The van der Waals surface area contributed by atoms with E-state index < -0.39 is 0 Å². The second kappa shape index (κ2) is 9.15. The third kappa shape index (κ3) is 5.41. The first-order chi connectivity index (χ1) is 13.5. The van der Waals surface area contributed by atoms with E-state index in [9.17, 15) is 9.59 Å². The summed E-state index contributed by atoms with van der Waals surface area (Å²) in [6.45, 7) is 2.40. The largest absolute Gasteiger partial charge is 0.350 e. The van der Waals surface area contributed by atoms with Crippen LogP contribution in [0.3, 0.4) is 0 Å². The first-order valence-corrected chi connectivity index (χ1v) is 9.26. The van der Waals surface area contributed by atoms with E-state index in [2.05, 4.69) is 15.6 Å². The number of rotatable bonds is 6. The summed E-state index contributed by atoms with van der Waals surface area (Å²) in [5.74, 6) is -0.617. The van der Waals surface area contributed by atoms with E-state index in [4.69, 9.17) is 11.6 Å². The molecule has 6 heteroatoms. The number of carbonyl (C=O) groups excluding carboxylic acids is 2. The number of nitrogens with one attached hydrogen (secondary N) is 2. The SMILES string of the molecule is Cc1cccc(NC(=O)c2ccnc(C(=O)NCCc3cccc(Cl)c3)c2)c1. The molecule has 0 atom stereocenters. The standard InChI is InChI=1S/C22H20ClN3O2/c1-15-4-2-7-19(12-15)26-21(27)17-9-11-24-20(14-17)22(28)25-10-8-16-5-3-6-18(23)13-16/h2-7,9,11-14H,8,10H2,1H3,(H,25,28)(H,26,27). The molecule has 0 aliphatic carbocycles. The van der Waals surface area contributed by atoms with E-state index >= 15 is 0 Å². The number of halogens is 1. The molecule has 1 heterocycles. The maximum Gasteiger partial charge on any atom is 0.269 e. The van der Waals surface area contributed by atoms with Crippen LogP contribution < -0.4 is 10.6 Å². The van der Waals surface area contributed by atoms with Crippen molar-refractivity contribution in [3.8, 4) is 0 Å². The fourth-order valence-electron chi connectivity index (χ4n) is 2.73. The average molecular weight is 394 g/mol. The van der Waals surface area contributed by atoms with Gasteiger partial charge in [0, 0.05) is 29.0 Å². The number of aryl methyl sites for hydroxylation is 1. The van der Waals surface area contributed by atoms with E-state index in [1.165, 1.54) is 12.3 Å². The van der Waals surface area contributed by atoms with Crippen LogP contribution in [0.1, 0.15) is 32.0 Å². The summed E-state index contributed by atoms with van der Waals surface area (Å²) in [6.07, 6.45) is 2.11. The Morgan fingerprint density at radius 3 is 2.61 bits per heavy atom. The highest BCUT2D eigenvalue weighted by Gasteiger charge is 2.12. The van der Waals surface area contributed by atoms with Gasteiger partial charge in [-0.15, -0.1) is 0 Å². The molecule has 0 unspecified atom stereocenters. The Bertz CT molecular complexity index is 1000. The van der Waals surface area contributed by atoms with Gasteiger partial charge in [-0.1, -0.05) is 35.9 Å². The maximum atomic E-state index is 12.4. The van der Waals surface area contributed by atoms with Crippen LogP contribution in [0.2, 0.25) is 5.02 Å². The van der Waals surface area contributed by atoms with Gasteiger partial charge in [0.2, 0.25) is 0 Å². The van der Waals surface area contributed by atoms with Gasteiger partial charge in [-0.05, 0) is 60.9 Å². The summed E-state index contributed by atoms with van der Waals surface area (Å²) in [6, 6.07) is 18.1. The van der Waals surface area contributed by atoms with Crippen molar-refractivity contribution in [2.45, 2.75) is 13.3 Å². The molecular weight excluding hydrogens is 374 g/mol. The Labute approximate surface area is 168 Å². The molecule has 0 saturated carbocycles. The summed E-state index contributed by atoms with van der Waals surface area (Å²) >= 11 is 5.96.